The molecule has 6 rings (SSSR count). The average molecular weight is 645 g/mol. The van der Waals surface area contributed by atoms with Gasteiger partial charge in [0.2, 0.25) is 0 Å². The molecule has 1 unspecified atom stereocenters. The number of anilines is 1. The summed E-state index contributed by atoms with van der Waals surface area (Å²) >= 11 is 1.28. The number of hydrogen-bond acceptors (Lipinski definition) is 8. The number of aliphatic hydroxyl groups is 1. The fourth-order valence-electron chi connectivity index (χ4n) is 6.73. The van der Waals surface area contributed by atoms with Crippen LogP contribution in [0, 0.1) is 0 Å². The fraction of sp³-hybridized carbons (Fsp3) is 0.545. The molecule has 3 aliphatic rings. The van der Waals surface area contributed by atoms with Gasteiger partial charge in [-0.25, -0.2) is 0 Å². The third-order valence-electron chi connectivity index (χ3n) is 9.10. The summed E-state index contributed by atoms with van der Waals surface area (Å²) in [5.74, 6) is 0.858. The summed E-state index contributed by atoms with van der Waals surface area (Å²) in [6, 6.07) is 11.7. The highest BCUT2D eigenvalue weighted by molar-refractivity contribution is 7.99. The summed E-state index contributed by atoms with van der Waals surface area (Å²) in [6.07, 6.45) is -0.785. The number of phenolic OH excluding ortho intramolecular Hbond substituents is 1. The minimum absolute atomic E-state index is 0.244. The minimum atomic E-state index is -4.43. The first-order valence-electron chi connectivity index (χ1n) is 16.0. The van der Waals surface area contributed by atoms with Gasteiger partial charge in [0, 0.05) is 98.0 Å². The largest absolute Gasteiger partial charge is 0.508 e. The van der Waals surface area contributed by atoms with E-state index in [1.165, 1.54) is 24.2 Å². The molecule has 1 atom stereocenters. The zero-order valence-electron chi connectivity index (χ0n) is 25.6. The van der Waals surface area contributed by atoms with Crippen LogP contribution in [-0.2, 0) is 25.7 Å². The molecule has 0 spiro atoms. The van der Waals surface area contributed by atoms with Crippen LogP contribution in [0.1, 0.15) is 36.1 Å². The predicted molar refractivity (Wildman–Crippen MR) is 172 cm³/mol. The summed E-state index contributed by atoms with van der Waals surface area (Å²) < 4.78 is 43.9. The second kappa shape index (κ2) is 14.3. The number of likely N-dealkylation sites (tertiary alicyclic amines) is 1. The SMILES string of the molecule is Oc1cccc(N2CCN(CC(O)Cn3nc(-c4ccc(C(F)(F)F)c(SCCN5CCCCC5)c4)c4c3CCNC4)CC2)c1. The van der Waals surface area contributed by atoms with E-state index in [4.69, 9.17) is 5.10 Å². The maximum Gasteiger partial charge on any atom is 0.417 e. The van der Waals surface area contributed by atoms with Crippen LogP contribution in [0.4, 0.5) is 18.9 Å². The van der Waals surface area contributed by atoms with Crippen LogP contribution in [0.25, 0.3) is 11.3 Å². The molecule has 3 N–H and O–H groups in total. The molecule has 2 saturated heterocycles. The summed E-state index contributed by atoms with van der Waals surface area (Å²) in [4.78, 5) is 7.06. The Labute approximate surface area is 267 Å². The molecule has 244 valence electrons. The number of fused-ring (bicyclic) bond motifs is 1. The van der Waals surface area contributed by atoms with Crippen LogP contribution in [0.5, 0.6) is 5.75 Å². The average Bonchev–Trinajstić information content (AvgIpc) is 3.39. The number of piperazine rings is 1. The van der Waals surface area contributed by atoms with Gasteiger partial charge in [-0.3, -0.25) is 9.58 Å². The Morgan fingerprint density at radius 2 is 1.73 bits per heavy atom. The number of aromatic nitrogens is 2. The summed E-state index contributed by atoms with van der Waals surface area (Å²) in [6.45, 7) is 8.22. The normalized spacial score (nSPS) is 19.1. The molecule has 45 heavy (non-hydrogen) atoms. The lowest BCUT2D eigenvalue weighted by Crippen LogP contribution is -2.49. The number of benzene rings is 2. The van der Waals surface area contributed by atoms with Crippen molar-refractivity contribution in [3.05, 3.63) is 59.3 Å². The number of halogens is 3. The van der Waals surface area contributed by atoms with Crippen molar-refractivity contribution in [3.63, 3.8) is 0 Å². The molecule has 2 fully saturated rings. The van der Waals surface area contributed by atoms with Crippen molar-refractivity contribution in [3.8, 4) is 17.0 Å². The number of alkyl halides is 3. The standard InChI is InChI=1S/C33H43F3N6O2S/c34-33(35,36)29-8-7-24(19-31(29)45-18-17-39-11-2-1-3-12-39)32-28-21-37-10-9-30(28)42(38-32)23-27(44)22-40-13-15-41(16-14-40)25-5-4-6-26(43)20-25/h4-8,19-20,27,37,43-44H,1-3,9-18,21-23H2. The number of thioether (sulfide) groups is 1. The van der Waals surface area contributed by atoms with Gasteiger partial charge in [-0.1, -0.05) is 18.6 Å². The van der Waals surface area contributed by atoms with Gasteiger partial charge in [-0.05, 0) is 50.2 Å². The van der Waals surface area contributed by atoms with E-state index in [0.717, 1.165) is 88.6 Å². The highest BCUT2D eigenvalue weighted by Crippen LogP contribution is 2.40. The molecule has 2 aromatic carbocycles. The van der Waals surface area contributed by atoms with Crippen LogP contribution in [-0.4, -0.2) is 101 Å². The zero-order chi connectivity index (χ0) is 31.4. The van der Waals surface area contributed by atoms with Gasteiger partial charge in [0.05, 0.1) is 23.9 Å². The van der Waals surface area contributed by atoms with Gasteiger partial charge in [-0.2, -0.15) is 18.3 Å². The molecular weight excluding hydrogens is 601 g/mol. The number of nitrogens with one attached hydrogen (secondary N) is 1. The fourth-order valence-corrected chi connectivity index (χ4v) is 7.85. The van der Waals surface area contributed by atoms with Gasteiger partial charge >= 0.3 is 6.18 Å². The Bertz CT molecular complexity index is 1440. The van der Waals surface area contributed by atoms with E-state index >= 15 is 0 Å². The Hall–Kier alpha value is -2.77. The lowest BCUT2D eigenvalue weighted by molar-refractivity contribution is -0.139. The number of phenols is 1. The number of rotatable bonds is 10. The van der Waals surface area contributed by atoms with Crippen LogP contribution in [0.15, 0.2) is 47.4 Å². The first-order valence-corrected chi connectivity index (χ1v) is 17.0. The van der Waals surface area contributed by atoms with E-state index in [0.29, 0.717) is 36.6 Å². The summed E-state index contributed by atoms with van der Waals surface area (Å²) in [5, 5.41) is 29.3. The number of β-amino-alcohol motifs (C(OH)–C–C–N with tert-alkyl or cyclic N) is 1. The van der Waals surface area contributed by atoms with Crippen molar-refractivity contribution in [2.24, 2.45) is 0 Å². The Morgan fingerprint density at radius 3 is 2.49 bits per heavy atom. The van der Waals surface area contributed by atoms with Crippen molar-refractivity contribution in [1.82, 2.24) is 24.9 Å². The second-order valence-corrected chi connectivity index (χ2v) is 13.4. The number of nitrogens with zero attached hydrogens (tertiary/aromatic N) is 5. The van der Waals surface area contributed by atoms with Crippen molar-refractivity contribution in [2.45, 2.75) is 55.9 Å². The monoisotopic (exact) mass is 644 g/mol. The third-order valence-corrected chi connectivity index (χ3v) is 10.1. The Kier molecular flexibility index (Phi) is 10.3. The third kappa shape index (κ3) is 7.97. The Balaban J connectivity index is 1.14. The van der Waals surface area contributed by atoms with E-state index in [2.05, 4.69) is 20.0 Å². The van der Waals surface area contributed by atoms with Crippen molar-refractivity contribution >= 4 is 17.4 Å². The number of piperidine rings is 1. The Morgan fingerprint density at radius 1 is 0.933 bits per heavy atom. The maximum absolute atomic E-state index is 14.0. The van der Waals surface area contributed by atoms with Crippen molar-refractivity contribution < 1.29 is 23.4 Å². The lowest BCUT2D eigenvalue weighted by atomic mass is 10.0. The van der Waals surface area contributed by atoms with Gasteiger partial charge in [0.25, 0.3) is 0 Å². The minimum Gasteiger partial charge on any atom is -0.508 e. The molecule has 0 aliphatic carbocycles. The number of aromatic hydroxyl groups is 1. The second-order valence-electron chi connectivity index (χ2n) is 12.3. The van der Waals surface area contributed by atoms with Crippen LogP contribution >= 0.6 is 11.8 Å². The molecule has 0 amide bonds. The zero-order valence-corrected chi connectivity index (χ0v) is 26.4. The summed E-state index contributed by atoms with van der Waals surface area (Å²) in [5.41, 5.74) is 3.80. The van der Waals surface area contributed by atoms with Gasteiger partial charge in [0.15, 0.2) is 0 Å². The first-order chi connectivity index (χ1) is 21.7. The van der Waals surface area contributed by atoms with Gasteiger partial charge in [-0.15, -0.1) is 11.8 Å². The molecule has 3 aromatic rings. The lowest BCUT2D eigenvalue weighted by Gasteiger charge is -2.37. The van der Waals surface area contributed by atoms with E-state index < -0.39 is 17.8 Å². The molecule has 8 nitrogen and oxygen atoms in total. The summed E-state index contributed by atoms with van der Waals surface area (Å²) in [7, 11) is 0. The number of aliphatic hydroxyl groups excluding tert-OH is 1. The van der Waals surface area contributed by atoms with Gasteiger partial charge in [0.1, 0.15) is 5.75 Å². The first kappa shape index (κ1) is 32.2. The van der Waals surface area contributed by atoms with Crippen LogP contribution in [0.3, 0.4) is 0 Å². The highest BCUT2D eigenvalue weighted by Gasteiger charge is 2.34. The van der Waals surface area contributed by atoms with E-state index in [9.17, 15) is 23.4 Å². The topological polar surface area (TPSA) is 80.0 Å². The quantitative estimate of drug-likeness (QED) is 0.275. The smallest absolute Gasteiger partial charge is 0.417 e. The molecule has 12 heteroatoms. The van der Waals surface area contributed by atoms with E-state index in [-0.39, 0.29) is 10.6 Å². The molecule has 3 aliphatic heterocycles. The van der Waals surface area contributed by atoms with Crippen molar-refractivity contribution in [2.75, 3.05) is 69.6 Å². The van der Waals surface area contributed by atoms with Gasteiger partial charge < -0.3 is 25.3 Å². The molecule has 0 saturated carbocycles. The number of hydrogen-bond donors (Lipinski definition) is 3. The highest BCUT2D eigenvalue weighted by atomic mass is 32.2. The molecule has 0 radical (unpaired) electrons. The molecular formula is C33H43F3N6O2S. The molecule has 4 heterocycles. The van der Waals surface area contributed by atoms with E-state index in [1.54, 1.807) is 24.3 Å². The molecule has 1 aromatic heterocycles. The van der Waals surface area contributed by atoms with Crippen molar-refractivity contribution in [1.29, 1.82) is 0 Å². The molecule has 0 bridgehead atoms. The predicted octanol–water partition coefficient (Wildman–Crippen LogP) is 4.68. The van der Waals surface area contributed by atoms with E-state index in [1.807, 2.05) is 16.8 Å². The van der Waals surface area contributed by atoms with Crippen LogP contribution < -0.4 is 10.2 Å². The maximum atomic E-state index is 14.0. The van der Waals surface area contributed by atoms with Crippen LogP contribution in [0.2, 0.25) is 0 Å².